The molecule has 0 aliphatic carbocycles. The molecule has 1 unspecified atom stereocenters. The lowest BCUT2D eigenvalue weighted by atomic mass is 10.1. The van der Waals surface area contributed by atoms with Gasteiger partial charge in [0.25, 0.3) is 0 Å². The normalized spacial score (nSPS) is 13.3. The number of ether oxygens (including phenoxy) is 4. The molecular formula is C19H22N2O5. The monoisotopic (exact) mass is 358 g/mol. The van der Waals surface area contributed by atoms with E-state index in [0.29, 0.717) is 30.4 Å². The van der Waals surface area contributed by atoms with E-state index >= 15 is 0 Å². The Kier molecular flexibility index (Phi) is 5.48. The van der Waals surface area contributed by atoms with E-state index in [4.69, 9.17) is 24.7 Å². The zero-order valence-electron chi connectivity index (χ0n) is 14.8. The number of rotatable bonds is 8. The van der Waals surface area contributed by atoms with E-state index in [9.17, 15) is 4.79 Å². The van der Waals surface area contributed by atoms with E-state index < -0.39 is 11.9 Å². The third-order valence-electron chi connectivity index (χ3n) is 4.12. The molecule has 3 N–H and O–H groups in total. The molecule has 1 amide bonds. The van der Waals surface area contributed by atoms with Crippen LogP contribution in [-0.2, 0) is 17.9 Å². The van der Waals surface area contributed by atoms with Gasteiger partial charge >= 0.3 is 0 Å². The van der Waals surface area contributed by atoms with E-state index in [1.54, 1.807) is 14.0 Å². The van der Waals surface area contributed by atoms with Gasteiger partial charge in [-0.1, -0.05) is 18.2 Å². The molecule has 0 bridgehead atoms. The zero-order chi connectivity index (χ0) is 18.5. The average Bonchev–Trinajstić information content (AvgIpc) is 3.15. The summed E-state index contributed by atoms with van der Waals surface area (Å²) in [7, 11) is 1.63. The zero-order valence-corrected chi connectivity index (χ0v) is 14.8. The second-order valence-corrected chi connectivity index (χ2v) is 5.93. The summed E-state index contributed by atoms with van der Waals surface area (Å²) in [6, 6.07) is 11.0. The highest BCUT2D eigenvalue weighted by molar-refractivity contribution is 5.79. The first-order valence-corrected chi connectivity index (χ1v) is 8.28. The molecule has 1 heterocycles. The van der Waals surface area contributed by atoms with Crippen LogP contribution in [0.4, 0.5) is 0 Å². The number of fused-ring (bicyclic) bond motifs is 1. The largest absolute Gasteiger partial charge is 0.497 e. The van der Waals surface area contributed by atoms with Crippen molar-refractivity contribution < 1.29 is 23.7 Å². The van der Waals surface area contributed by atoms with Crippen molar-refractivity contribution in [2.24, 2.45) is 5.73 Å². The van der Waals surface area contributed by atoms with Crippen molar-refractivity contribution in [3.05, 3.63) is 47.5 Å². The van der Waals surface area contributed by atoms with Crippen molar-refractivity contribution in [3.63, 3.8) is 0 Å². The predicted molar refractivity (Wildman–Crippen MR) is 95.4 cm³/mol. The maximum atomic E-state index is 11.1. The minimum atomic E-state index is -0.433. The van der Waals surface area contributed by atoms with E-state index in [1.165, 1.54) is 0 Å². The Bertz CT molecular complexity index is 793. The summed E-state index contributed by atoms with van der Waals surface area (Å²) < 4.78 is 22.3. The first kappa shape index (κ1) is 17.9. The summed E-state index contributed by atoms with van der Waals surface area (Å²) in [5.74, 6) is 2.17. The van der Waals surface area contributed by atoms with E-state index in [2.05, 4.69) is 5.32 Å². The SMILES string of the molecule is COc1cccc(COc2ccc(CNC(C)C(N)=O)c3c2OCO3)c1. The number of primary amides is 1. The summed E-state index contributed by atoms with van der Waals surface area (Å²) in [4.78, 5) is 11.1. The number of amides is 1. The lowest BCUT2D eigenvalue weighted by molar-refractivity contribution is -0.119. The van der Waals surface area contributed by atoms with Gasteiger partial charge in [-0.3, -0.25) is 4.79 Å². The van der Waals surface area contributed by atoms with Gasteiger partial charge < -0.3 is 30.0 Å². The molecule has 7 heteroatoms. The van der Waals surface area contributed by atoms with Crippen LogP contribution in [-0.4, -0.2) is 25.9 Å². The molecule has 3 rings (SSSR count). The van der Waals surface area contributed by atoms with Crippen LogP contribution in [0.15, 0.2) is 36.4 Å². The molecule has 0 spiro atoms. The molecule has 0 aromatic heterocycles. The van der Waals surface area contributed by atoms with Gasteiger partial charge in [0, 0.05) is 12.1 Å². The predicted octanol–water partition coefficient (Wildman–Crippen LogP) is 1.97. The second-order valence-electron chi connectivity index (χ2n) is 5.93. The highest BCUT2D eigenvalue weighted by Gasteiger charge is 2.23. The van der Waals surface area contributed by atoms with E-state index in [1.807, 2.05) is 36.4 Å². The van der Waals surface area contributed by atoms with Gasteiger partial charge in [-0.25, -0.2) is 0 Å². The van der Waals surface area contributed by atoms with Crippen LogP contribution in [0.1, 0.15) is 18.1 Å². The van der Waals surface area contributed by atoms with Gasteiger partial charge in [-0.2, -0.15) is 0 Å². The van der Waals surface area contributed by atoms with Gasteiger partial charge in [0.1, 0.15) is 12.4 Å². The molecule has 138 valence electrons. The molecule has 1 atom stereocenters. The summed E-state index contributed by atoms with van der Waals surface area (Å²) in [6.45, 7) is 2.66. The lowest BCUT2D eigenvalue weighted by Gasteiger charge is -2.14. The van der Waals surface area contributed by atoms with Gasteiger partial charge in [0.2, 0.25) is 18.4 Å². The minimum absolute atomic E-state index is 0.132. The first-order chi connectivity index (χ1) is 12.6. The minimum Gasteiger partial charge on any atom is -0.497 e. The standard InChI is InChI=1S/C19H22N2O5/c1-12(19(20)22)21-9-14-6-7-16(18-17(14)25-11-26-18)24-10-13-4-3-5-15(8-13)23-2/h3-8,12,21H,9-11H2,1-2H3,(H2,20,22). The molecular weight excluding hydrogens is 336 g/mol. The fourth-order valence-electron chi connectivity index (χ4n) is 2.57. The van der Waals surface area contributed by atoms with Crippen molar-refractivity contribution in [2.45, 2.75) is 26.1 Å². The van der Waals surface area contributed by atoms with E-state index in [-0.39, 0.29) is 6.79 Å². The van der Waals surface area contributed by atoms with Crippen LogP contribution >= 0.6 is 0 Å². The van der Waals surface area contributed by atoms with Gasteiger partial charge in [-0.15, -0.1) is 0 Å². The quantitative estimate of drug-likeness (QED) is 0.750. The van der Waals surface area contributed by atoms with Crippen LogP contribution < -0.4 is 30.0 Å². The van der Waals surface area contributed by atoms with Crippen LogP contribution in [0.25, 0.3) is 0 Å². The third kappa shape index (κ3) is 4.00. The first-order valence-electron chi connectivity index (χ1n) is 8.28. The van der Waals surface area contributed by atoms with Gasteiger partial charge in [0.15, 0.2) is 11.5 Å². The Morgan fingerprint density at radius 1 is 1.27 bits per heavy atom. The molecule has 2 aromatic carbocycles. The molecule has 1 aliphatic heterocycles. The fourth-order valence-corrected chi connectivity index (χ4v) is 2.57. The maximum absolute atomic E-state index is 11.1. The molecule has 0 fully saturated rings. The van der Waals surface area contributed by atoms with Gasteiger partial charge in [0.05, 0.1) is 13.2 Å². The van der Waals surface area contributed by atoms with Crippen molar-refractivity contribution in [1.82, 2.24) is 5.32 Å². The topological polar surface area (TPSA) is 92.0 Å². The maximum Gasteiger partial charge on any atom is 0.234 e. The van der Waals surface area contributed by atoms with Crippen molar-refractivity contribution >= 4 is 5.91 Å². The second kappa shape index (κ2) is 7.97. The Morgan fingerprint density at radius 2 is 2.08 bits per heavy atom. The summed E-state index contributed by atoms with van der Waals surface area (Å²) in [5.41, 5.74) is 7.12. The molecule has 0 radical (unpaired) electrons. The molecule has 7 nitrogen and oxygen atoms in total. The van der Waals surface area contributed by atoms with E-state index in [0.717, 1.165) is 16.9 Å². The van der Waals surface area contributed by atoms with Crippen LogP contribution in [0, 0.1) is 0 Å². The number of nitrogens with one attached hydrogen (secondary N) is 1. The number of hydrogen-bond donors (Lipinski definition) is 2. The molecule has 0 saturated carbocycles. The number of benzene rings is 2. The Labute approximate surface area is 152 Å². The van der Waals surface area contributed by atoms with Crippen molar-refractivity contribution in [3.8, 4) is 23.0 Å². The van der Waals surface area contributed by atoms with Crippen molar-refractivity contribution in [1.29, 1.82) is 0 Å². The Morgan fingerprint density at radius 3 is 2.85 bits per heavy atom. The average molecular weight is 358 g/mol. The number of carbonyl (C=O) groups excluding carboxylic acids is 1. The lowest BCUT2D eigenvalue weighted by Crippen LogP contribution is -2.38. The summed E-state index contributed by atoms with van der Waals surface area (Å²) in [5, 5.41) is 3.05. The number of carbonyl (C=O) groups is 1. The highest BCUT2D eigenvalue weighted by atomic mass is 16.7. The molecule has 1 aliphatic rings. The third-order valence-corrected chi connectivity index (χ3v) is 4.12. The summed E-state index contributed by atoms with van der Waals surface area (Å²) in [6.07, 6.45) is 0. The number of methoxy groups -OCH3 is 1. The number of hydrogen-bond acceptors (Lipinski definition) is 6. The fraction of sp³-hybridized carbons (Fsp3) is 0.316. The smallest absolute Gasteiger partial charge is 0.234 e. The highest BCUT2D eigenvalue weighted by Crippen LogP contribution is 2.43. The van der Waals surface area contributed by atoms with Crippen molar-refractivity contribution in [2.75, 3.05) is 13.9 Å². The molecule has 2 aromatic rings. The Balaban J connectivity index is 1.71. The number of nitrogens with two attached hydrogens (primary N) is 1. The van der Waals surface area contributed by atoms with Crippen LogP contribution in [0.3, 0.4) is 0 Å². The van der Waals surface area contributed by atoms with Crippen LogP contribution in [0.2, 0.25) is 0 Å². The van der Waals surface area contributed by atoms with Gasteiger partial charge in [-0.05, 0) is 30.7 Å². The molecule has 0 saturated heterocycles. The molecule has 26 heavy (non-hydrogen) atoms. The Hall–Kier alpha value is -2.93. The summed E-state index contributed by atoms with van der Waals surface area (Å²) >= 11 is 0. The van der Waals surface area contributed by atoms with Crippen LogP contribution in [0.5, 0.6) is 23.0 Å².